The maximum atomic E-state index is 6.04. The van der Waals surface area contributed by atoms with Crippen LogP contribution in [-0.4, -0.2) is 24.5 Å². The number of hydrogen-bond acceptors (Lipinski definition) is 5. The molecule has 5 heteroatoms. The van der Waals surface area contributed by atoms with Crippen molar-refractivity contribution in [2.24, 2.45) is 5.73 Å². The quantitative estimate of drug-likeness (QED) is 0.707. The van der Waals surface area contributed by atoms with Crippen LogP contribution in [0.15, 0.2) is 18.5 Å². The normalized spacial score (nSPS) is 13.0. The van der Waals surface area contributed by atoms with E-state index in [1.165, 1.54) is 0 Å². The molecule has 0 aliphatic carbocycles. The van der Waals surface area contributed by atoms with Crippen molar-refractivity contribution in [3.05, 3.63) is 24.0 Å². The van der Waals surface area contributed by atoms with Crippen LogP contribution in [0.25, 0.3) is 0 Å². The number of hydrogen-bond donors (Lipinski definition) is 2. The van der Waals surface area contributed by atoms with Crippen molar-refractivity contribution in [3.63, 3.8) is 0 Å². The van der Waals surface area contributed by atoms with E-state index in [0.717, 1.165) is 5.56 Å². The summed E-state index contributed by atoms with van der Waals surface area (Å²) >= 11 is 0. The highest BCUT2D eigenvalue weighted by Crippen LogP contribution is 2.22. The highest BCUT2D eigenvalue weighted by Gasteiger charge is 2.22. The molecule has 1 aromatic rings. The second-order valence-electron chi connectivity index (χ2n) is 3.31. The summed E-state index contributed by atoms with van der Waals surface area (Å²) < 4.78 is 10.8. The molecule has 0 radical (unpaired) electrons. The molecule has 0 saturated carbocycles. The van der Waals surface area contributed by atoms with Crippen LogP contribution in [0.4, 0.5) is 5.69 Å². The molecule has 0 bridgehead atoms. The molecule has 0 aliphatic rings. The Morgan fingerprint density at radius 2 is 1.94 bits per heavy atom. The molecule has 0 aliphatic heterocycles. The molecule has 0 amide bonds. The zero-order valence-electron chi connectivity index (χ0n) is 9.72. The Bertz CT molecular complexity index is 314. The third-order valence-electron chi connectivity index (χ3n) is 2.20. The second kappa shape index (κ2) is 6.42. The van der Waals surface area contributed by atoms with Gasteiger partial charge in [-0.2, -0.15) is 0 Å². The van der Waals surface area contributed by atoms with Crippen LogP contribution in [0.2, 0.25) is 0 Å². The van der Waals surface area contributed by atoms with Gasteiger partial charge in [-0.15, -0.1) is 0 Å². The van der Waals surface area contributed by atoms with Crippen molar-refractivity contribution < 1.29 is 9.47 Å². The average molecular weight is 225 g/mol. The summed E-state index contributed by atoms with van der Waals surface area (Å²) in [6, 6.07) is 1.29. The highest BCUT2D eigenvalue weighted by molar-refractivity contribution is 5.46. The predicted octanol–water partition coefficient (Wildman–Crippen LogP) is 1.06. The Morgan fingerprint density at radius 3 is 2.44 bits per heavy atom. The molecule has 4 N–H and O–H groups in total. The van der Waals surface area contributed by atoms with Gasteiger partial charge >= 0.3 is 0 Å². The Kier molecular flexibility index (Phi) is 5.18. The van der Waals surface area contributed by atoms with E-state index < -0.39 is 12.3 Å². The van der Waals surface area contributed by atoms with Crippen LogP contribution in [-0.2, 0) is 9.47 Å². The smallest absolute Gasteiger partial charge is 0.176 e. The van der Waals surface area contributed by atoms with E-state index in [4.69, 9.17) is 20.9 Å². The molecule has 1 heterocycles. The van der Waals surface area contributed by atoms with E-state index >= 15 is 0 Å². The molecule has 16 heavy (non-hydrogen) atoms. The standard InChI is InChI=1S/C11H19N3O2/c1-3-15-11(16-4-2)10(13)8-7-14-6-5-9(8)12/h5-7,10-11H,3-4,13H2,1-2H3,(H2,12,14). The van der Waals surface area contributed by atoms with Crippen molar-refractivity contribution in [2.45, 2.75) is 26.2 Å². The fraction of sp³-hybridized carbons (Fsp3) is 0.545. The molecule has 1 unspecified atom stereocenters. The average Bonchev–Trinajstić information content (AvgIpc) is 2.28. The highest BCUT2D eigenvalue weighted by atomic mass is 16.7. The molecular formula is C11H19N3O2. The molecule has 0 aromatic carbocycles. The monoisotopic (exact) mass is 225 g/mol. The zero-order valence-corrected chi connectivity index (χ0v) is 9.72. The van der Waals surface area contributed by atoms with Crippen LogP contribution < -0.4 is 11.5 Å². The van der Waals surface area contributed by atoms with E-state index in [9.17, 15) is 0 Å². The predicted molar refractivity (Wildman–Crippen MR) is 62.6 cm³/mol. The number of nitrogens with zero attached hydrogens (tertiary/aromatic N) is 1. The zero-order chi connectivity index (χ0) is 12.0. The molecule has 1 rings (SSSR count). The first-order valence-corrected chi connectivity index (χ1v) is 5.38. The maximum absolute atomic E-state index is 6.04. The summed E-state index contributed by atoms with van der Waals surface area (Å²) in [6.45, 7) is 4.87. The first-order valence-electron chi connectivity index (χ1n) is 5.38. The molecular weight excluding hydrogens is 206 g/mol. The van der Waals surface area contributed by atoms with Crippen molar-refractivity contribution in [2.75, 3.05) is 18.9 Å². The van der Waals surface area contributed by atoms with E-state index in [2.05, 4.69) is 4.98 Å². The van der Waals surface area contributed by atoms with Crippen LogP contribution in [0.5, 0.6) is 0 Å². The first kappa shape index (κ1) is 12.9. The lowest BCUT2D eigenvalue weighted by Gasteiger charge is -2.24. The summed E-state index contributed by atoms with van der Waals surface area (Å²) in [5.41, 5.74) is 13.2. The number of pyridine rings is 1. The van der Waals surface area contributed by atoms with Crippen LogP contribution in [0, 0.1) is 0 Å². The van der Waals surface area contributed by atoms with Crippen molar-refractivity contribution in [3.8, 4) is 0 Å². The fourth-order valence-corrected chi connectivity index (χ4v) is 1.43. The molecule has 90 valence electrons. The van der Waals surface area contributed by atoms with Crippen molar-refractivity contribution in [1.82, 2.24) is 4.98 Å². The maximum Gasteiger partial charge on any atom is 0.176 e. The largest absolute Gasteiger partial charge is 0.398 e. The van der Waals surface area contributed by atoms with E-state index in [0.29, 0.717) is 18.9 Å². The van der Waals surface area contributed by atoms with Gasteiger partial charge < -0.3 is 20.9 Å². The molecule has 0 fully saturated rings. The van der Waals surface area contributed by atoms with Crippen molar-refractivity contribution in [1.29, 1.82) is 0 Å². The van der Waals surface area contributed by atoms with E-state index in [-0.39, 0.29) is 0 Å². The lowest BCUT2D eigenvalue weighted by atomic mass is 10.1. The Morgan fingerprint density at radius 1 is 1.31 bits per heavy atom. The van der Waals surface area contributed by atoms with Gasteiger partial charge in [0.25, 0.3) is 0 Å². The third-order valence-corrected chi connectivity index (χ3v) is 2.20. The number of anilines is 1. The molecule has 1 atom stereocenters. The number of nitrogen functional groups attached to an aromatic ring is 1. The van der Waals surface area contributed by atoms with Crippen molar-refractivity contribution >= 4 is 5.69 Å². The Labute approximate surface area is 95.7 Å². The van der Waals surface area contributed by atoms with Gasteiger partial charge in [0, 0.05) is 36.9 Å². The minimum Gasteiger partial charge on any atom is -0.398 e. The fourth-order valence-electron chi connectivity index (χ4n) is 1.43. The van der Waals surface area contributed by atoms with Gasteiger partial charge in [0.15, 0.2) is 6.29 Å². The lowest BCUT2D eigenvalue weighted by Crippen LogP contribution is -2.32. The summed E-state index contributed by atoms with van der Waals surface area (Å²) in [6.07, 6.45) is 2.79. The summed E-state index contributed by atoms with van der Waals surface area (Å²) in [7, 11) is 0. The lowest BCUT2D eigenvalue weighted by molar-refractivity contribution is -0.149. The van der Waals surface area contributed by atoms with Crippen LogP contribution >= 0.6 is 0 Å². The summed E-state index contributed by atoms with van der Waals surface area (Å²) in [5, 5.41) is 0. The van der Waals surface area contributed by atoms with Gasteiger partial charge in [0.05, 0.1) is 6.04 Å². The summed E-state index contributed by atoms with van der Waals surface area (Å²) in [4.78, 5) is 4.00. The van der Waals surface area contributed by atoms with Gasteiger partial charge in [0.2, 0.25) is 0 Å². The van der Waals surface area contributed by atoms with Gasteiger partial charge in [-0.3, -0.25) is 4.98 Å². The van der Waals surface area contributed by atoms with E-state index in [1.54, 1.807) is 18.5 Å². The topological polar surface area (TPSA) is 83.4 Å². The minimum atomic E-state index is -0.485. The van der Waals surface area contributed by atoms with Gasteiger partial charge in [0.1, 0.15) is 0 Å². The number of nitrogens with two attached hydrogens (primary N) is 2. The summed E-state index contributed by atoms with van der Waals surface area (Å²) in [5.74, 6) is 0. The SMILES string of the molecule is CCOC(OCC)C(N)c1cnccc1N. The molecule has 5 nitrogen and oxygen atoms in total. The van der Waals surface area contributed by atoms with E-state index in [1.807, 2.05) is 13.8 Å². The van der Waals surface area contributed by atoms with Gasteiger partial charge in [-0.1, -0.05) is 0 Å². The second-order valence-corrected chi connectivity index (χ2v) is 3.31. The van der Waals surface area contributed by atoms with Crippen LogP contribution in [0.3, 0.4) is 0 Å². The van der Waals surface area contributed by atoms with Crippen LogP contribution in [0.1, 0.15) is 25.5 Å². The Hall–Kier alpha value is -1.17. The third kappa shape index (κ3) is 3.16. The van der Waals surface area contributed by atoms with Gasteiger partial charge in [-0.25, -0.2) is 0 Å². The van der Waals surface area contributed by atoms with Gasteiger partial charge in [-0.05, 0) is 19.9 Å². The first-order chi connectivity index (χ1) is 7.70. The molecule has 0 saturated heterocycles. The molecule has 0 spiro atoms. The number of aromatic nitrogens is 1. The molecule has 1 aromatic heterocycles. The number of rotatable bonds is 6. The minimum absolute atomic E-state index is 0.423. The Balaban J connectivity index is 2.81. The number of ether oxygens (including phenoxy) is 2.